The van der Waals surface area contributed by atoms with Crippen molar-refractivity contribution in [2.75, 3.05) is 6.61 Å². The quantitative estimate of drug-likeness (QED) is 0.541. The highest BCUT2D eigenvalue weighted by Gasteiger charge is 2.31. The van der Waals surface area contributed by atoms with E-state index in [9.17, 15) is 9.59 Å². The van der Waals surface area contributed by atoms with Gasteiger partial charge in [-0.2, -0.15) is 0 Å². The van der Waals surface area contributed by atoms with Gasteiger partial charge in [0.2, 0.25) is 5.91 Å². The van der Waals surface area contributed by atoms with E-state index in [1.807, 2.05) is 54.6 Å². The highest BCUT2D eigenvalue weighted by Crippen LogP contribution is 2.28. The molecule has 0 bridgehead atoms. The van der Waals surface area contributed by atoms with Crippen LogP contribution in [0.1, 0.15) is 46.4 Å². The van der Waals surface area contributed by atoms with Crippen LogP contribution in [-0.4, -0.2) is 28.3 Å². The van der Waals surface area contributed by atoms with Crippen LogP contribution in [0.2, 0.25) is 0 Å². The maximum atomic E-state index is 13.4. The molecule has 166 valence electrons. The number of rotatable bonds is 8. The van der Waals surface area contributed by atoms with Crippen LogP contribution < -0.4 is 10.1 Å². The first kappa shape index (κ1) is 22.1. The molecule has 6 nitrogen and oxygen atoms in total. The topological polar surface area (TPSA) is 71.5 Å². The van der Waals surface area contributed by atoms with Gasteiger partial charge in [0.05, 0.1) is 12.5 Å². The Morgan fingerprint density at radius 2 is 1.85 bits per heavy atom. The van der Waals surface area contributed by atoms with Crippen molar-refractivity contribution < 1.29 is 14.3 Å². The molecule has 0 saturated heterocycles. The molecule has 1 aliphatic rings. The summed E-state index contributed by atoms with van der Waals surface area (Å²) < 4.78 is 5.58. The summed E-state index contributed by atoms with van der Waals surface area (Å²) in [5.74, 6) is 6.23. The average molecular weight is 440 g/mol. The third kappa shape index (κ3) is 5.58. The van der Waals surface area contributed by atoms with Crippen molar-refractivity contribution in [1.82, 2.24) is 15.2 Å². The van der Waals surface area contributed by atoms with Gasteiger partial charge < -0.3 is 15.0 Å². The number of carbonyl (C=O) groups is 2. The third-order valence-corrected chi connectivity index (χ3v) is 5.50. The molecule has 33 heavy (non-hydrogen) atoms. The molecule has 0 saturated carbocycles. The standard InChI is InChI=1S/C27H25N3O3/c1-2-3-15-33-22-12-10-20(11-13-22)18-30(19-21-7-6-14-28-17-21)26(31)16-25-23-8-4-5-9-24(23)27(32)29-25/h4-14,17,25H,15-16,18-19H2,1H3,(H,29,32)/t25-/m1/s1. The van der Waals surface area contributed by atoms with Crippen molar-refractivity contribution in [3.05, 3.63) is 95.3 Å². The van der Waals surface area contributed by atoms with Gasteiger partial charge in [0.1, 0.15) is 12.4 Å². The van der Waals surface area contributed by atoms with E-state index in [2.05, 4.69) is 22.1 Å². The molecule has 0 fully saturated rings. The summed E-state index contributed by atoms with van der Waals surface area (Å²) in [5, 5.41) is 2.94. The summed E-state index contributed by atoms with van der Waals surface area (Å²) in [4.78, 5) is 31.6. The molecule has 0 unspecified atom stereocenters. The van der Waals surface area contributed by atoms with Crippen LogP contribution in [0.5, 0.6) is 5.75 Å². The van der Waals surface area contributed by atoms with E-state index in [1.54, 1.807) is 30.3 Å². The van der Waals surface area contributed by atoms with E-state index >= 15 is 0 Å². The van der Waals surface area contributed by atoms with Crippen LogP contribution in [0.25, 0.3) is 0 Å². The van der Waals surface area contributed by atoms with E-state index in [0.29, 0.717) is 25.3 Å². The Bertz CT molecular complexity index is 1180. The minimum Gasteiger partial charge on any atom is -0.481 e. The van der Waals surface area contributed by atoms with E-state index in [1.165, 1.54) is 0 Å². The molecule has 2 aromatic carbocycles. The Balaban J connectivity index is 1.49. The number of fused-ring (bicyclic) bond motifs is 1. The third-order valence-electron chi connectivity index (χ3n) is 5.50. The fourth-order valence-corrected chi connectivity index (χ4v) is 3.83. The molecule has 1 aromatic heterocycles. The molecule has 2 amide bonds. The maximum Gasteiger partial charge on any atom is 0.252 e. The maximum absolute atomic E-state index is 13.4. The van der Waals surface area contributed by atoms with Crippen molar-refractivity contribution in [3.63, 3.8) is 0 Å². The molecule has 0 radical (unpaired) electrons. The molecule has 6 heteroatoms. The lowest BCUT2D eigenvalue weighted by molar-refractivity contribution is -0.133. The summed E-state index contributed by atoms with van der Waals surface area (Å²) in [6.07, 6.45) is 3.67. The van der Waals surface area contributed by atoms with Crippen LogP contribution >= 0.6 is 0 Å². The van der Waals surface area contributed by atoms with E-state index < -0.39 is 0 Å². The largest absolute Gasteiger partial charge is 0.481 e. The number of hydrogen-bond acceptors (Lipinski definition) is 4. The Morgan fingerprint density at radius 1 is 1.06 bits per heavy atom. The minimum absolute atomic E-state index is 0.0422. The molecule has 1 N–H and O–H groups in total. The number of carbonyl (C=O) groups excluding carboxylic acids is 2. The van der Waals surface area contributed by atoms with Crippen molar-refractivity contribution in [3.8, 4) is 17.6 Å². The lowest BCUT2D eigenvalue weighted by Crippen LogP contribution is -2.33. The molecule has 3 aromatic rings. The van der Waals surface area contributed by atoms with Crippen molar-refractivity contribution in [1.29, 1.82) is 0 Å². The first-order chi connectivity index (χ1) is 16.1. The highest BCUT2D eigenvalue weighted by molar-refractivity contribution is 5.99. The highest BCUT2D eigenvalue weighted by atomic mass is 16.5. The van der Waals surface area contributed by atoms with Crippen LogP contribution in [0.3, 0.4) is 0 Å². The number of hydrogen-bond donors (Lipinski definition) is 1. The molecular formula is C27H25N3O3. The minimum atomic E-state index is -0.326. The Labute approximate surface area is 193 Å². The number of pyridine rings is 1. The Morgan fingerprint density at radius 3 is 2.61 bits per heavy atom. The zero-order chi connectivity index (χ0) is 23.0. The smallest absolute Gasteiger partial charge is 0.252 e. The number of nitrogens with one attached hydrogen (secondary N) is 1. The summed E-state index contributed by atoms with van der Waals surface area (Å²) in [6.45, 7) is 2.98. The monoisotopic (exact) mass is 439 g/mol. The van der Waals surface area contributed by atoms with Crippen molar-refractivity contribution in [2.24, 2.45) is 0 Å². The van der Waals surface area contributed by atoms with E-state index in [-0.39, 0.29) is 24.3 Å². The second-order valence-electron chi connectivity index (χ2n) is 7.79. The van der Waals surface area contributed by atoms with Gasteiger partial charge in [0.25, 0.3) is 5.91 Å². The number of aromatic nitrogens is 1. The fourth-order valence-electron chi connectivity index (χ4n) is 3.83. The van der Waals surface area contributed by atoms with Crippen LogP contribution in [0.15, 0.2) is 73.1 Å². The van der Waals surface area contributed by atoms with Crippen LogP contribution in [0, 0.1) is 11.8 Å². The van der Waals surface area contributed by atoms with Gasteiger partial charge in [-0.1, -0.05) is 42.3 Å². The predicted molar refractivity (Wildman–Crippen MR) is 125 cm³/mol. The van der Waals surface area contributed by atoms with Crippen LogP contribution in [-0.2, 0) is 17.9 Å². The second-order valence-corrected chi connectivity index (χ2v) is 7.79. The Kier molecular flexibility index (Phi) is 7.01. The van der Waals surface area contributed by atoms with Crippen molar-refractivity contribution in [2.45, 2.75) is 32.5 Å². The van der Waals surface area contributed by atoms with E-state index in [0.717, 1.165) is 22.4 Å². The number of nitrogens with zero attached hydrogens (tertiary/aromatic N) is 2. The predicted octanol–water partition coefficient (Wildman–Crippen LogP) is 3.89. The van der Waals surface area contributed by atoms with Gasteiger partial charge in [0, 0.05) is 31.0 Å². The lowest BCUT2D eigenvalue weighted by atomic mass is 10.0. The van der Waals surface area contributed by atoms with E-state index in [4.69, 9.17) is 4.74 Å². The zero-order valence-corrected chi connectivity index (χ0v) is 18.5. The molecule has 1 aliphatic heterocycles. The number of ether oxygens (including phenoxy) is 1. The zero-order valence-electron chi connectivity index (χ0n) is 18.5. The number of benzene rings is 2. The summed E-state index contributed by atoms with van der Waals surface area (Å²) >= 11 is 0. The first-order valence-corrected chi connectivity index (χ1v) is 10.8. The number of amides is 2. The summed E-state index contributed by atoms with van der Waals surface area (Å²) in [5.41, 5.74) is 3.43. The molecule has 4 rings (SSSR count). The van der Waals surface area contributed by atoms with Gasteiger partial charge in [-0.05, 0) is 47.9 Å². The lowest BCUT2D eigenvalue weighted by Gasteiger charge is -2.25. The van der Waals surface area contributed by atoms with Crippen LogP contribution in [0.4, 0.5) is 0 Å². The van der Waals surface area contributed by atoms with Crippen molar-refractivity contribution >= 4 is 11.8 Å². The first-order valence-electron chi connectivity index (χ1n) is 10.8. The molecule has 0 aliphatic carbocycles. The van der Waals surface area contributed by atoms with Gasteiger partial charge in [-0.3, -0.25) is 14.6 Å². The molecular weight excluding hydrogens is 414 g/mol. The Hall–Kier alpha value is -4.11. The van der Waals surface area contributed by atoms with Gasteiger partial charge >= 0.3 is 0 Å². The SMILES string of the molecule is CC#CCOc1ccc(CN(Cc2cccnc2)C(=O)C[C@H]2NC(=O)c3ccccc32)cc1. The average Bonchev–Trinajstić information content (AvgIpc) is 3.16. The summed E-state index contributed by atoms with van der Waals surface area (Å²) in [7, 11) is 0. The normalized spacial score (nSPS) is 14.0. The molecule has 0 spiro atoms. The van der Waals surface area contributed by atoms with Gasteiger partial charge in [0.15, 0.2) is 0 Å². The fraction of sp³-hybridized carbons (Fsp3) is 0.222. The van der Waals surface area contributed by atoms with Gasteiger partial charge in [-0.15, -0.1) is 5.92 Å². The second kappa shape index (κ2) is 10.5. The molecule has 1 atom stereocenters. The van der Waals surface area contributed by atoms with Gasteiger partial charge in [-0.25, -0.2) is 0 Å². The summed E-state index contributed by atoms with van der Waals surface area (Å²) in [6, 6.07) is 18.6. The molecule has 2 heterocycles.